The van der Waals surface area contributed by atoms with Gasteiger partial charge >= 0.3 is 197 Å². The number of amides is 1. The molecule has 1 saturated carbocycles. The number of rotatable bonds is 9. The van der Waals surface area contributed by atoms with Crippen molar-refractivity contribution < 1.29 is 9.53 Å². The standard InChI is InChI=1S/C26H26AsN8O2/c1-16-12-35-24(29-16)10-21(31-26(35)27-23-9-22(32-33-23)18-6-7-18)19-11-28-34(14-19)13-17-4-3-5-20(8-17)30-25(36)15-37-2/h3-5,8-12,14,18H,6-7,13,15H2,1-2H3,(H,30,36)(H,32,33). The number of carbonyl (C=O) groups is 1. The Hall–Kier alpha value is -3.75. The summed E-state index contributed by atoms with van der Waals surface area (Å²) >= 11 is -0.417. The van der Waals surface area contributed by atoms with E-state index in [1.807, 2.05) is 60.5 Å². The summed E-state index contributed by atoms with van der Waals surface area (Å²) in [7, 11) is 1.50. The second-order valence-electron chi connectivity index (χ2n) is 9.23. The van der Waals surface area contributed by atoms with Crippen molar-refractivity contribution in [2.45, 2.75) is 32.2 Å². The molecule has 4 aromatic heterocycles. The molecule has 11 heteroatoms. The van der Waals surface area contributed by atoms with Crippen molar-refractivity contribution >= 4 is 42.1 Å². The molecule has 187 valence electrons. The van der Waals surface area contributed by atoms with Gasteiger partial charge in [0.05, 0.1) is 0 Å². The third-order valence-electron chi connectivity index (χ3n) is 6.13. The number of methoxy groups -OCH3 is 1. The number of fused-ring (bicyclic) bond motifs is 1. The van der Waals surface area contributed by atoms with Crippen LogP contribution in [0.5, 0.6) is 0 Å². The van der Waals surface area contributed by atoms with E-state index in [2.05, 4.69) is 31.1 Å². The van der Waals surface area contributed by atoms with Crippen LogP contribution >= 0.6 is 0 Å². The van der Waals surface area contributed by atoms with Crippen LogP contribution in [-0.2, 0) is 16.1 Å². The van der Waals surface area contributed by atoms with Crippen LogP contribution in [0.15, 0.2) is 55.0 Å². The monoisotopic (exact) mass is 557 g/mol. The Labute approximate surface area is 220 Å². The summed E-state index contributed by atoms with van der Waals surface area (Å²) in [5.41, 5.74) is 6.58. The van der Waals surface area contributed by atoms with Gasteiger partial charge in [0.1, 0.15) is 6.61 Å². The van der Waals surface area contributed by atoms with Crippen molar-refractivity contribution in [1.82, 2.24) is 34.3 Å². The number of anilines is 1. The van der Waals surface area contributed by atoms with E-state index in [0.29, 0.717) is 12.5 Å². The first-order chi connectivity index (χ1) is 18.0. The molecule has 10 nitrogen and oxygen atoms in total. The number of carbonyl (C=O) groups excluding carboxylic acids is 1. The van der Waals surface area contributed by atoms with Crippen molar-refractivity contribution in [2.75, 3.05) is 19.0 Å². The molecule has 1 aromatic carbocycles. The summed E-state index contributed by atoms with van der Waals surface area (Å²) in [6, 6.07) is 11.9. The van der Waals surface area contributed by atoms with E-state index >= 15 is 0 Å². The van der Waals surface area contributed by atoms with E-state index in [1.54, 1.807) is 0 Å². The number of nitrogens with zero attached hydrogens (tertiary/aromatic N) is 6. The summed E-state index contributed by atoms with van der Waals surface area (Å²) in [6.45, 7) is 2.58. The maximum absolute atomic E-state index is 11.8. The van der Waals surface area contributed by atoms with Gasteiger partial charge in [0, 0.05) is 7.11 Å². The van der Waals surface area contributed by atoms with Gasteiger partial charge in [0.2, 0.25) is 0 Å². The molecule has 2 N–H and O–H groups in total. The SMILES string of the molecule is COCC(=O)Nc1cccc(Cn2cc(-c3cc4nc(C)cn4c([As]c4cc(C5CC5)[nH]n4)n3)cn2)c1. The molecule has 0 bridgehead atoms. The first-order valence-electron chi connectivity index (χ1n) is 12.1. The third kappa shape index (κ3) is 5.35. The van der Waals surface area contributed by atoms with Gasteiger partial charge in [0.15, 0.2) is 0 Å². The van der Waals surface area contributed by atoms with Crippen LogP contribution in [-0.4, -0.2) is 69.7 Å². The zero-order chi connectivity index (χ0) is 25.4. The van der Waals surface area contributed by atoms with E-state index in [-0.39, 0.29) is 12.5 Å². The van der Waals surface area contributed by atoms with E-state index in [4.69, 9.17) is 14.7 Å². The van der Waals surface area contributed by atoms with Crippen molar-refractivity contribution in [3.05, 3.63) is 71.9 Å². The number of benzene rings is 1. The topological polar surface area (TPSA) is 115 Å². The van der Waals surface area contributed by atoms with E-state index in [0.717, 1.165) is 42.9 Å². The number of ether oxygens (including phenoxy) is 1. The average molecular weight is 557 g/mol. The molecule has 1 aliphatic carbocycles. The van der Waals surface area contributed by atoms with Crippen molar-refractivity contribution in [1.29, 1.82) is 0 Å². The average Bonchev–Trinajstić information content (AvgIpc) is 3.24. The van der Waals surface area contributed by atoms with Crippen LogP contribution in [0, 0.1) is 6.92 Å². The number of H-pyrrole nitrogens is 1. The molecule has 1 amide bonds. The number of nitrogens with one attached hydrogen (secondary N) is 2. The molecule has 0 aliphatic heterocycles. The molecular formula is C26H26AsN8O2. The van der Waals surface area contributed by atoms with Crippen molar-refractivity contribution in [3.63, 3.8) is 0 Å². The molecular weight excluding hydrogens is 531 g/mol. The van der Waals surface area contributed by atoms with Crippen molar-refractivity contribution in [2.24, 2.45) is 0 Å². The molecule has 1 fully saturated rings. The molecule has 5 aromatic rings. The second kappa shape index (κ2) is 9.95. The Bertz CT molecular complexity index is 1580. The normalized spacial score (nSPS) is 13.7. The number of imidazole rings is 1. The first kappa shape index (κ1) is 23.6. The number of aromatic amines is 1. The molecule has 0 atom stereocenters. The predicted molar refractivity (Wildman–Crippen MR) is 141 cm³/mol. The third-order valence-corrected chi connectivity index (χ3v) is 8.17. The molecule has 0 unspecified atom stereocenters. The van der Waals surface area contributed by atoms with Gasteiger partial charge in [-0.2, -0.15) is 0 Å². The van der Waals surface area contributed by atoms with Gasteiger partial charge < -0.3 is 4.74 Å². The minimum atomic E-state index is -0.417. The number of hydrogen-bond acceptors (Lipinski definition) is 6. The Kier molecular flexibility index (Phi) is 6.36. The minimum absolute atomic E-state index is 0.0197. The summed E-state index contributed by atoms with van der Waals surface area (Å²) < 4.78 is 10.9. The van der Waals surface area contributed by atoms with E-state index < -0.39 is 15.8 Å². The van der Waals surface area contributed by atoms with Gasteiger partial charge in [-0.1, -0.05) is 0 Å². The predicted octanol–water partition coefficient (Wildman–Crippen LogP) is 1.79. The van der Waals surface area contributed by atoms with Gasteiger partial charge in [-0.3, -0.25) is 4.79 Å². The quantitative estimate of drug-likeness (QED) is 0.267. The summed E-state index contributed by atoms with van der Waals surface area (Å²) in [5.74, 6) is 0.457. The number of aromatic nitrogens is 7. The van der Waals surface area contributed by atoms with Crippen LogP contribution in [0.3, 0.4) is 0 Å². The zero-order valence-corrected chi connectivity index (χ0v) is 22.4. The van der Waals surface area contributed by atoms with Crippen LogP contribution in [0.2, 0.25) is 0 Å². The van der Waals surface area contributed by atoms with Gasteiger partial charge in [-0.15, -0.1) is 0 Å². The van der Waals surface area contributed by atoms with Crippen LogP contribution in [0.4, 0.5) is 5.69 Å². The van der Waals surface area contributed by atoms with Crippen LogP contribution in [0.1, 0.15) is 35.7 Å². The molecule has 6 rings (SSSR count). The zero-order valence-electron chi connectivity index (χ0n) is 20.5. The summed E-state index contributed by atoms with van der Waals surface area (Å²) in [4.78, 5) is 21.6. The van der Waals surface area contributed by atoms with E-state index in [1.165, 1.54) is 25.6 Å². The fraction of sp³-hybridized carbons (Fsp3) is 0.269. The molecule has 1 aliphatic rings. The molecule has 4 heterocycles. The summed E-state index contributed by atoms with van der Waals surface area (Å²) in [6.07, 6.45) is 8.35. The van der Waals surface area contributed by atoms with Gasteiger partial charge in [-0.25, -0.2) is 0 Å². The van der Waals surface area contributed by atoms with Crippen molar-refractivity contribution in [3.8, 4) is 11.3 Å². The molecule has 1 radical (unpaired) electrons. The van der Waals surface area contributed by atoms with Crippen LogP contribution in [0.25, 0.3) is 16.9 Å². The molecule has 0 saturated heterocycles. The second-order valence-corrected chi connectivity index (χ2v) is 11.5. The van der Waals surface area contributed by atoms with Gasteiger partial charge in [0.25, 0.3) is 0 Å². The number of hydrogen-bond donors (Lipinski definition) is 2. The summed E-state index contributed by atoms with van der Waals surface area (Å²) in [5, 5.41) is 15.2. The Morgan fingerprint density at radius 2 is 2.11 bits per heavy atom. The Morgan fingerprint density at radius 1 is 1.22 bits per heavy atom. The molecule has 37 heavy (non-hydrogen) atoms. The maximum atomic E-state index is 11.8. The number of aryl methyl sites for hydroxylation is 1. The fourth-order valence-electron chi connectivity index (χ4n) is 4.25. The molecule has 0 spiro atoms. The van der Waals surface area contributed by atoms with Crippen LogP contribution < -0.4 is 14.4 Å². The van der Waals surface area contributed by atoms with E-state index in [9.17, 15) is 4.79 Å². The Morgan fingerprint density at radius 3 is 2.95 bits per heavy atom. The van der Waals surface area contributed by atoms with Gasteiger partial charge in [-0.05, 0) is 0 Å². The Balaban J connectivity index is 1.24. The first-order valence-corrected chi connectivity index (χ1v) is 14.0. The fourth-order valence-corrected chi connectivity index (χ4v) is 6.21.